The molecule has 7 heteroatoms. The van der Waals surface area contributed by atoms with Gasteiger partial charge in [0.15, 0.2) is 5.78 Å². The number of allylic oxidation sites excluding steroid dienone is 2. The van der Waals surface area contributed by atoms with Crippen LogP contribution in [0.2, 0.25) is 0 Å². The van der Waals surface area contributed by atoms with Gasteiger partial charge in [-0.15, -0.1) is 0 Å². The molecular formula is C41H61NO5S. The van der Waals surface area contributed by atoms with E-state index in [9.17, 15) is 23.4 Å². The minimum absolute atomic E-state index is 0.0229. The fourth-order valence-electron chi connectivity index (χ4n) is 12.2. The van der Waals surface area contributed by atoms with E-state index >= 15 is 0 Å². The summed E-state index contributed by atoms with van der Waals surface area (Å²) in [5.74, 6) is 2.37. The Labute approximate surface area is 290 Å². The third-order valence-corrected chi connectivity index (χ3v) is 15.7. The van der Waals surface area contributed by atoms with Gasteiger partial charge in [-0.25, -0.2) is 8.42 Å². The molecule has 8 aliphatic rings. The molecule has 0 aliphatic heterocycles. The summed E-state index contributed by atoms with van der Waals surface area (Å²) in [7, 11) is -3.56. The number of hydrogen-bond donors (Lipinski definition) is 2. The monoisotopic (exact) mass is 679 g/mol. The molecule has 266 valence electrons. The summed E-state index contributed by atoms with van der Waals surface area (Å²) in [5.41, 5.74) is 2.24. The number of benzene rings is 1. The zero-order valence-electron chi connectivity index (χ0n) is 29.9. The Kier molecular flexibility index (Phi) is 9.61. The number of sulfonamides is 1. The summed E-state index contributed by atoms with van der Waals surface area (Å²) in [6.45, 7) is 4.97. The topological polar surface area (TPSA) is 94.9 Å². The van der Waals surface area contributed by atoms with Crippen molar-refractivity contribution in [3.63, 3.8) is 0 Å². The number of aliphatic hydroxyl groups excluding tert-OH is 1. The molecular weight excluding hydrogens is 619 g/mol. The molecule has 6 nitrogen and oxygen atoms in total. The van der Waals surface area contributed by atoms with Gasteiger partial charge in [0.2, 0.25) is 10.0 Å². The van der Waals surface area contributed by atoms with Crippen molar-refractivity contribution in [2.75, 3.05) is 19.3 Å². The van der Waals surface area contributed by atoms with Crippen LogP contribution in [0.3, 0.4) is 0 Å². The third kappa shape index (κ3) is 6.76. The SMILES string of the molecule is CC1=CCC[C@@]2(C)[C@@H](CC[C@@]2(O)CN(CC23CC4CC(CC(C4)C2)C3)S(C)(=O)=O)c2ccc(cc2C(=O)C2CCCCC2)C[C@@H](O)CC1. The van der Waals surface area contributed by atoms with Gasteiger partial charge in [-0.1, -0.05) is 50.0 Å². The normalized spacial score (nSPS) is 39.0. The first-order valence-electron chi connectivity index (χ1n) is 19.4. The second-order valence-corrected chi connectivity index (χ2v) is 20.1. The van der Waals surface area contributed by atoms with Gasteiger partial charge < -0.3 is 10.2 Å². The predicted molar refractivity (Wildman–Crippen MR) is 191 cm³/mol. The molecule has 0 spiro atoms. The van der Waals surface area contributed by atoms with E-state index in [1.165, 1.54) is 37.5 Å². The number of Topliss-reactive ketones (excluding diaryl/α,β-unsaturated/α-hetero) is 1. The fraction of sp³-hybridized carbons (Fsp3) is 0.780. The maximum Gasteiger partial charge on any atom is 0.211 e. The zero-order chi connectivity index (χ0) is 33.9. The molecule has 4 atom stereocenters. The second kappa shape index (κ2) is 13.2. The van der Waals surface area contributed by atoms with Crippen molar-refractivity contribution in [3.8, 4) is 0 Å². The van der Waals surface area contributed by atoms with E-state index in [-0.39, 0.29) is 29.6 Å². The fourth-order valence-corrected chi connectivity index (χ4v) is 13.2. The molecule has 6 saturated carbocycles. The van der Waals surface area contributed by atoms with Crippen LogP contribution in [0.15, 0.2) is 29.8 Å². The summed E-state index contributed by atoms with van der Waals surface area (Å²) in [4.78, 5) is 14.4. The highest BCUT2D eigenvalue weighted by Crippen LogP contribution is 2.62. The Morgan fingerprint density at radius 3 is 2.25 bits per heavy atom. The molecule has 0 unspecified atom stereocenters. The lowest BCUT2D eigenvalue weighted by molar-refractivity contribution is -0.0919. The van der Waals surface area contributed by atoms with Gasteiger partial charge in [-0.2, -0.15) is 4.31 Å². The Morgan fingerprint density at radius 2 is 1.60 bits per heavy atom. The number of carbonyl (C=O) groups excluding carboxylic acids is 1. The average Bonchev–Trinajstić information content (AvgIpc) is 3.27. The van der Waals surface area contributed by atoms with Crippen LogP contribution in [0, 0.1) is 34.5 Å². The van der Waals surface area contributed by atoms with Crippen LogP contribution in [0.4, 0.5) is 0 Å². The minimum atomic E-state index is -3.56. The quantitative estimate of drug-likeness (QED) is 0.225. The zero-order valence-corrected chi connectivity index (χ0v) is 30.7. The first kappa shape index (κ1) is 34.9. The first-order valence-corrected chi connectivity index (χ1v) is 21.3. The smallest absolute Gasteiger partial charge is 0.211 e. The molecule has 9 rings (SSSR count). The van der Waals surface area contributed by atoms with Crippen molar-refractivity contribution < 1.29 is 23.4 Å². The highest BCUT2D eigenvalue weighted by atomic mass is 32.2. The lowest BCUT2D eigenvalue weighted by atomic mass is 9.49. The standard InChI is InChI=1S/C41H61NO5S/c1-28-8-7-16-39(2)37(35-14-12-29(21-34(43)13-11-28)22-36(35)38(44)33-9-5-4-6-10-33)15-17-41(39,45)27-42(48(3,46)47)26-40-23-30-18-31(24-40)20-32(19-30)25-40/h8,12,14,22,30-34,37,43,45H,4-7,9-11,13,15-21,23-27H2,1-3H3/t30?,31?,32?,34-,37-,39-,40?,41+/m0/s1. The van der Waals surface area contributed by atoms with E-state index in [1.54, 1.807) is 4.31 Å². The summed E-state index contributed by atoms with van der Waals surface area (Å²) >= 11 is 0. The largest absolute Gasteiger partial charge is 0.393 e. The van der Waals surface area contributed by atoms with Gasteiger partial charge in [0.05, 0.1) is 18.0 Å². The van der Waals surface area contributed by atoms with Gasteiger partial charge >= 0.3 is 0 Å². The van der Waals surface area contributed by atoms with E-state index in [2.05, 4.69) is 38.1 Å². The Morgan fingerprint density at radius 1 is 0.938 bits per heavy atom. The Hall–Kier alpha value is -1.54. The van der Waals surface area contributed by atoms with E-state index in [4.69, 9.17) is 0 Å². The summed E-state index contributed by atoms with van der Waals surface area (Å²) in [6, 6.07) is 6.29. The predicted octanol–water partition coefficient (Wildman–Crippen LogP) is 7.97. The lowest BCUT2D eigenvalue weighted by Crippen LogP contribution is -2.57. The summed E-state index contributed by atoms with van der Waals surface area (Å²) < 4.78 is 29.0. The van der Waals surface area contributed by atoms with Gasteiger partial charge in [0.1, 0.15) is 0 Å². The Balaban J connectivity index is 1.25. The van der Waals surface area contributed by atoms with E-state index < -0.39 is 27.1 Å². The number of nitrogens with zero attached hydrogens (tertiary/aromatic N) is 1. The van der Waals surface area contributed by atoms with Gasteiger partial charge in [0.25, 0.3) is 0 Å². The van der Waals surface area contributed by atoms with Crippen molar-refractivity contribution in [2.24, 2.45) is 34.5 Å². The molecule has 8 aliphatic carbocycles. The van der Waals surface area contributed by atoms with Gasteiger partial charge in [0, 0.05) is 30.0 Å². The minimum Gasteiger partial charge on any atom is -0.393 e. The van der Waals surface area contributed by atoms with Crippen molar-refractivity contribution in [1.29, 1.82) is 0 Å². The molecule has 0 heterocycles. The number of aliphatic hydroxyl groups is 2. The third-order valence-electron chi connectivity index (χ3n) is 14.5. The van der Waals surface area contributed by atoms with Crippen molar-refractivity contribution in [2.45, 2.75) is 147 Å². The van der Waals surface area contributed by atoms with Crippen LogP contribution in [0.5, 0.6) is 0 Å². The summed E-state index contributed by atoms with van der Waals surface area (Å²) in [6.07, 6.45) is 20.4. The second-order valence-electron chi connectivity index (χ2n) is 18.1. The lowest BCUT2D eigenvalue weighted by Gasteiger charge is -2.58. The Bertz CT molecular complexity index is 1470. The van der Waals surface area contributed by atoms with Crippen LogP contribution in [-0.2, 0) is 16.4 Å². The van der Waals surface area contributed by atoms with E-state index in [0.29, 0.717) is 32.2 Å². The molecule has 6 bridgehead atoms. The maximum absolute atomic E-state index is 14.4. The molecule has 0 radical (unpaired) electrons. The average molecular weight is 680 g/mol. The van der Waals surface area contributed by atoms with Crippen LogP contribution in [0.25, 0.3) is 0 Å². The molecule has 1 aromatic rings. The molecule has 1 aromatic carbocycles. The first-order chi connectivity index (χ1) is 22.8. The van der Waals surface area contributed by atoms with Crippen LogP contribution in [0.1, 0.15) is 150 Å². The molecule has 6 fully saturated rings. The van der Waals surface area contributed by atoms with Gasteiger partial charge in [-0.05, 0) is 150 Å². The maximum atomic E-state index is 14.4. The molecule has 0 saturated heterocycles. The van der Waals surface area contributed by atoms with Crippen LogP contribution < -0.4 is 0 Å². The number of fused-ring (bicyclic) bond motifs is 8. The molecule has 48 heavy (non-hydrogen) atoms. The van der Waals surface area contributed by atoms with Crippen molar-refractivity contribution >= 4 is 15.8 Å². The van der Waals surface area contributed by atoms with Crippen molar-refractivity contribution in [3.05, 3.63) is 46.5 Å². The molecule has 0 amide bonds. The van der Waals surface area contributed by atoms with E-state index in [1.807, 2.05) is 0 Å². The number of carbonyl (C=O) groups is 1. The molecule has 0 aromatic heterocycles. The number of rotatable bonds is 7. The molecule has 2 N–H and O–H groups in total. The number of ketones is 1. The summed E-state index contributed by atoms with van der Waals surface area (Å²) in [5, 5.41) is 23.9. The number of hydrogen-bond acceptors (Lipinski definition) is 5. The highest BCUT2D eigenvalue weighted by molar-refractivity contribution is 7.88. The van der Waals surface area contributed by atoms with E-state index in [0.717, 1.165) is 98.7 Å². The van der Waals surface area contributed by atoms with Gasteiger partial charge in [-0.3, -0.25) is 4.79 Å². The van der Waals surface area contributed by atoms with Crippen LogP contribution >= 0.6 is 0 Å². The van der Waals surface area contributed by atoms with Crippen LogP contribution in [-0.4, -0.2) is 59.8 Å². The highest BCUT2D eigenvalue weighted by Gasteiger charge is 2.59. The van der Waals surface area contributed by atoms with Crippen molar-refractivity contribution in [1.82, 2.24) is 4.31 Å².